The molecule has 1 heterocycles. The van der Waals surface area contributed by atoms with Gasteiger partial charge in [-0.2, -0.15) is 0 Å². The van der Waals surface area contributed by atoms with Gasteiger partial charge in [0.05, 0.1) is 5.92 Å². The van der Waals surface area contributed by atoms with Gasteiger partial charge < -0.3 is 5.32 Å². The molecule has 3 amide bonds. The minimum Gasteiger partial charge on any atom is -0.326 e. The number of carbonyl (C=O) groups excluding carboxylic acids is 3. The van der Waals surface area contributed by atoms with Gasteiger partial charge in [-0.3, -0.25) is 19.7 Å². The van der Waals surface area contributed by atoms with Crippen molar-refractivity contribution in [3.8, 4) is 0 Å². The van der Waals surface area contributed by atoms with E-state index >= 15 is 0 Å². The van der Waals surface area contributed by atoms with Crippen molar-refractivity contribution < 1.29 is 14.4 Å². The molecule has 1 saturated heterocycles. The zero-order valence-electron chi connectivity index (χ0n) is 14.9. The van der Waals surface area contributed by atoms with Crippen LogP contribution in [0.3, 0.4) is 0 Å². The van der Waals surface area contributed by atoms with Crippen LogP contribution in [0.2, 0.25) is 0 Å². The van der Waals surface area contributed by atoms with Crippen LogP contribution >= 0.6 is 0 Å². The monoisotopic (exact) mass is 350 g/mol. The average molecular weight is 350 g/mol. The summed E-state index contributed by atoms with van der Waals surface area (Å²) in [5.41, 5.74) is 3.73. The summed E-state index contributed by atoms with van der Waals surface area (Å²) in [6.45, 7) is 3.88. The molecule has 1 fully saturated rings. The van der Waals surface area contributed by atoms with Gasteiger partial charge in [0.25, 0.3) is 0 Å². The number of benzene rings is 2. The number of anilines is 1. The van der Waals surface area contributed by atoms with E-state index in [1.165, 1.54) is 0 Å². The lowest BCUT2D eigenvalue weighted by molar-refractivity contribution is -0.133. The van der Waals surface area contributed by atoms with Gasteiger partial charge in [-0.25, -0.2) is 0 Å². The Kier molecular flexibility index (Phi) is 5.16. The highest BCUT2D eigenvalue weighted by Gasteiger charge is 2.26. The molecule has 2 aromatic rings. The van der Waals surface area contributed by atoms with Gasteiger partial charge in [0, 0.05) is 24.4 Å². The number of rotatable bonds is 4. The number of hydrogen-bond donors (Lipinski definition) is 2. The Hall–Kier alpha value is -2.95. The Morgan fingerprint density at radius 2 is 1.73 bits per heavy atom. The molecule has 0 spiro atoms. The molecule has 0 bridgehead atoms. The first-order valence-electron chi connectivity index (χ1n) is 8.72. The summed E-state index contributed by atoms with van der Waals surface area (Å²) in [6, 6.07) is 15.3. The summed E-state index contributed by atoms with van der Waals surface area (Å²) in [4.78, 5) is 35.5. The number of aryl methyl sites for hydroxylation is 1. The third kappa shape index (κ3) is 4.17. The van der Waals surface area contributed by atoms with Crippen molar-refractivity contribution in [2.24, 2.45) is 0 Å². The summed E-state index contributed by atoms with van der Waals surface area (Å²) < 4.78 is 0. The topological polar surface area (TPSA) is 75.3 Å². The molecule has 5 nitrogen and oxygen atoms in total. The van der Waals surface area contributed by atoms with E-state index in [-0.39, 0.29) is 29.6 Å². The van der Waals surface area contributed by atoms with Gasteiger partial charge in [-0.15, -0.1) is 0 Å². The molecule has 0 unspecified atom stereocenters. The Labute approximate surface area is 152 Å². The SMILES string of the molecule is Cc1cccc([C@@H](C)C(=O)Nc2ccc(C3CC(=O)NC(=O)C3)cc2)c1. The number of amides is 3. The zero-order chi connectivity index (χ0) is 18.7. The highest BCUT2D eigenvalue weighted by molar-refractivity contribution is 5.98. The summed E-state index contributed by atoms with van der Waals surface area (Å²) in [5, 5.41) is 5.24. The Morgan fingerprint density at radius 1 is 1.08 bits per heavy atom. The van der Waals surface area contributed by atoms with Crippen LogP contribution in [0.15, 0.2) is 48.5 Å². The molecule has 0 aliphatic carbocycles. The Morgan fingerprint density at radius 3 is 2.35 bits per heavy atom. The van der Waals surface area contributed by atoms with Gasteiger partial charge in [0.1, 0.15) is 0 Å². The van der Waals surface area contributed by atoms with Crippen LogP contribution in [-0.2, 0) is 14.4 Å². The largest absolute Gasteiger partial charge is 0.326 e. The molecule has 0 saturated carbocycles. The molecule has 1 atom stereocenters. The van der Waals surface area contributed by atoms with Gasteiger partial charge in [-0.1, -0.05) is 42.0 Å². The van der Waals surface area contributed by atoms with Crippen molar-refractivity contribution in [1.29, 1.82) is 0 Å². The number of carbonyl (C=O) groups is 3. The smallest absolute Gasteiger partial charge is 0.231 e. The van der Waals surface area contributed by atoms with Crippen LogP contribution in [0, 0.1) is 6.92 Å². The van der Waals surface area contributed by atoms with Gasteiger partial charge in [0.15, 0.2) is 0 Å². The lowest BCUT2D eigenvalue weighted by Crippen LogP contribution is -2.37. The van der Waals surface area contributed by atoms with E-state index in [1.807, 2.05) is 62.4 Å². The van der Waals surface area contributed by atoms with Crippen molar-refractivity contribution in [1.82, 2.24) is 5.32 Å². The zero-order valence-corrected chi connectivity index (χ0v) is 14.9. The molecule has 2 N–H and O–H groups in total. The maximum atomic E-state index is 12.5. The molecular weight excluding hydrogens is 328 g/mol. The van der Waals surface area contributed by atoms with Gasteiger partial charge in [0.2, 0.25) is 17.7 Å². The van der Waals surface area contributed by atoms with E-state index in [0.717, 1.165) is 16.7 Å². The molecular formula is C21H22N2O3. The Bertz CT molecular complexity index is 827. The van der Waals surface area contributed by atoms with Crippen LogP contribution in [0.1, 0.15) is 48.3 Å². The minimum atomic E-state index is -0.255. The quantitative estimate of drug-likeness (QED) is 0.831. The molecule has 5 heteroatoms. The molecule has 1 aliphatic heterocycles. The first-order valence-corrected chi connectivity index (χ1v) is 8.72. The molecule has 134 valence electrons. The summed E-state index contributed by atoms with van der Waals surface area (Å²) in [6.07, 6.45) is 0.615. The van der Waals surface area contributed by atoms with E-state index in [2.05, 4.69) is 10.6 Å². The lowest BCUT2D eigenvalue weighted by atomic mass is 9.89. The number of piperidine rings is 1. The first-order chi connectivity index (χ1) is 12.4. The highest BCUT2D eigenvalue weighted by Crippen LogP contribution is 2.27. The predicted molar refractivity (Wildman–Crippen MR) is 99.8 cm³/mol. The van der Waals surface area contributed by atoms with Crippen molar-refractivity contribution >= 4 is 23.4 Å². The minimum absolute atomic E-state index is 0.0735. The number of hydrogen-bond acceptors (Lipinski definition) is 3. The fourth-order valence-corrected chi connectivity index (χ4v) is 3.19. The van der Waals surface area contributed by atoms with Crippen molar-refractivity contribution in [3.05, 3.63) is 65.2 Å². The standard InChI is InChI=1S/C21H22N2O3/c1-13-4-3-5-16(10-13)14(2)21(26)22-18-8-6-15(7-9-18)17-11-19(24)23-20(25)12-17/h3-10,14,17H,11-12H2,1-2H3,(H,22,26)(H,23,24,25)/t14-/m1/s1. The van der Waals surface area contributed by atoms with E-state index in [1.54, 1.807) is 0 Å². The molecule has 0 radical (unpaired) electrons. The second kappa shape index (κ2) is 7.52. The van der Waals surface area contributed by atoms with Crippen LogP contribution in [-0.4, -0.2) is 17.7 Å². The molecule has 26 heavy (non-hydrogen) atoms. The van der Waals surface area contributed by atoms with Crippen molar-refractivity contribution in [2.45, 2.75) is 38.5 Å². The molecule has 2 aromatic carbocycles. The summed E-state index contributed by atoms with van der Waals surface area (Å²) in [5.74, 6) is -0.914. The third-order valence-electron chi connectivity index (χ3n) is 4.73. The van der Waals surface area contributed by atoms with Crippen LogP contribution in [0.5, 0.6) is 0 Å². The highest BCUT2D eigenvalue weighted by atomic mass is 16.2. The summed E-state index contributed by atoms with van der Waals surface area (Å²) in [7, 11) is 0. The Balaban J connectivity index is 1.66. The second-order valence-electron chi connectivity index (χ2n) is 6.82. The first kappa shape index (κ1) is 17.9. The van der Waals surface area contributed by atoms with Crippen LogP contribution in [0.25, 0.3) is 0 Å². The third-order valence-corrected chi connectivity index (χ3v) is 4.73. The lowest BCUT2D eigenvalue weighted by Gasteiger charge is -2.21. The second-order valence-corrected chi connectivity index (χ2v) is 6.82. The summed E-state index contributed by atoms with van der Waals surface area (Å²) >= 11 is 0. The van der Waals surface area contributed by atoms with E-state index in [9.17, 15) is 14.4 Å². The van der Waals surface area contributed by atoms with E-state index in [0.29, 0.717) is 18.5 Å². The average Bonchev–Trinajstić information content (AvgIpc) is 2.61. The predicted octanol–water partition coefficient (Wildman–Crippen LogP) is 3.26. The van der Waals surface area contributed by atoms with Crippen LogP contribution in [0.4, 0.5) is 5.69 Å². The van der Waals surface area contributed by atoms with E-state index in [4.69, 9.17) is 0 Å². The number of nitrogens with one attached hydrogen (secondary N) is 2. The molecule has 1 aliphatic rings. The number of imide groups is 1. The van der Waals surface area contributed by atoms with Crippen molar-refractivity contribution in [2.75, 3.05) is 5.32 Å². The molecule has 0 aromatic heterocycles. The van der Waals surface area contributed by atoms with E-state index < -0.39 is 0 Å². The normalized spacial score (nSPS) is 16.1. The van der Waals surface area contributed by atoms with Gasteiger partial charge in [-0.05, 0) is 37.1 Å². The van der Waals surface area contributed by atoms with Gasteiger partial charge >= 0.3 is 0 Å². The fourth-order valence-electron chi connectivity index (χ4n) is 3.19. The van der Waals surface area contributed by atoms with Crippen LogP contribution < -0.4 is 10.6 Å². The maximum absolute atomic E-state index is 12.5. The molecule has 3 rings (SSSR count). The maximum Gasteiger partial charge on any atom is 0.231 e. The van der Waals surface area contributed by atoms with Crippen molar-refractivity contribution in [3.63, 3.8) is 0 Å². The fraction of sp³-hybridized carbons (Fsp3) is 0.286.